The van der Waals surface area contributed by atoms with E-state index in [0.717, 1.165) is 17.5 Å². The third-order valence-corrected chi connectivity index (χ3v) is 3.30. The predicted octanol–water partition coefficient (Wildman–Crippen LogP) is 3.35. The lowest BCUT2D eigenvalue weighted by Gasteiger charge is -2.15. The van der Waals surface area contributed by atoms with Gasteiger partial charge in [0.25, 0.3) is 0 Å². The fourth-order valence-corrected chi connectivity index (χ4v) is 2.53. The fraction of sp³-hybridized carbons (Fsp3) is 0.333. The minimum absolute atomic E-state index is 0.142. The van der Waals surface area contributed by atoms with Crippen molar-refractivity contribution in [2.24, 2.45) is 0 Å². The summed E-state index contributed by atoms with van der Waals surface area (Å²) in [6, 6.07) is 4.24. The van der Waals surface area contributed by atoms with Gasteiger partial charge in [-0.3, -0.25) is 0 Å². The van der Waals surface area contributed by atoms with E-state index in [1.807, 2.05) is 12.3 Å². The number of hydrogen-bond acceptors (Lipinski definition) is 1. The Morgan fingerprint density at radius 2 is 2.00 bits per heavy atom. The van der Waals surface area contributed by atoms with Crippen LogP contribution in [0.1, 0.15) is 35.1 Å². The van der Waals surface area contributed by atoms with Crippen LogP contribution in [0, 0.1) is 0 Å². The normalized spacial score (nSPS) is 26.4. The number of rotatable bonds is 0. The Kier molecular flexibility index (Phi) is 1.85. The maximum atomic E-state index is 12.6. The van der Waals surface area contributed by atoms with E-state index in [1.54, 1.807) is 6.07 Å². The van der Waals surface area contributed by atoms with Crippen LogP contribution in [0.5, 0.6) is 0 Å². The number of benzene rings is 1. The molecular formula is C12H10F3N. The van der Waals surface area contributed by atoms with Gasteiger partial charge in [-0.05, 0) is 35.9 Å². The van der Waals surface area contributed by atoms with Gasteiger partial charge < -0.3 is 5.32 Å². The minimum atomic E-state index is -4.25. The van der Waals surface area contributed by atoms with Gasteiger partial charge >= 0.3 is 6.18 Å². The summed E-state index contributed by atoms with van der Waals surface area (Å²) in [5, 5.41) is 3.16. The zero-order chi connectivity index (χ0) is 11.3. The summed E-state index contributed by atoms with van der Waals surface area (Å²) in [4.78, 5) is 0. The van der Waals surface area contributed by atoms with E-state index >= 15 is 0 Å². The summed E-state index contributed by atoms with van der Waals surface area (Å²) in [7, 11) is 0. The van der Waals surface area contributed by atoms with Gasteiger partial charge in [0.1, 0.15) is 0 Å². The summed E-state index contributed by atoms with van der Waals surface area (Å²) < 4.78 is 37.7. The van der Waals surface area contributed by atoms with E-state index in [9.17, 15) is 13.2 Å². The van der Waals surface area contributed by atoms with Gasteiger partial charge in [-0.15, -0.1) is 0 Å². The Balaban J connectivity index is 2.10. The SMILES string of the molecule is FC(F)(F)c1ccc2c(c1)[C@H]1C=CNC2C1. The molecule has 0 amide bonds. The van der Waals surface area contributed by atoms with Gasteiger partial charge in [-0.1, -0.05) is 12.1 Å². The molecule has 4 heteroatoms. The second kappa shape index (κ2) is 3.03. The summed E-state index contributed by atoms with van der Waals surface area (Å²) in [5.74, 6) is 0.142. The maximum absolute atomic E-state index is 12.6. The Labute approximate surface area is 91.0 Å². The number of allylic oxidation sites excluding steroid dienone is 1. The van der Waals surface area contributed by atoms with Crippen molar-refractivity contribution in [2.75, 3.05) is 0 Å². The van der Waals surface area contributed by atoms with Gasteiger partial charge in [-0.25, -0.2) is 0 Å². The summed E-state index contributed by atoms with van der Waals surface area (Å²) in [6.07, 6.45) is 0.393. The first-order valence-electron chi connectivity index (χ1n) is 5.19. The molecule has 0 saturated carbocycles. The number of hydrogen-bond donors (Lipinski definition) is 1. The van der Waals surface area contributed by atoms with Gasteiger partial charge in [0.15, 0.2) is 0 Å². The molecule has 0 fully saturated rings. The highest BCUT2D eigenvalue weighted by Gasteiger charge is 2.36. The standard InChI is InChI=1S/C12H10F3N/c13-12(14,15)8-1-2-9-10(6-8)7-3-4-16-11(9)5-7/h1-4,6-7,11,16H,5H2/t7-,11?/m0/s1. The third-order valence-electron chi connectivity index (χ3n) is 3.30. The third kappa shape index (κ3) is 1.32. The minimum Gasteiger partial charge on any atom is -0.384 e. The zero-order valence-electron chi connectivity index (χ0n) is 8.38. The molecule has 3 rings (SSSR count). The van der Waals surface area contributed by atoms with Crippen LogP contribution >= 0.6 is 0 Å². The first-order chi connectivity index (χ1) is 7.55. The lowest BCUT2D eigenvalue weighted by molar-refractivity contribution is -0.137. The number of alkyl halides is 3. The molecule has 1 aliphatic carbocycles. The Hall–Kier alpha value is -1.45. The van der Waals surface area contributed by atoms with Crippen LogP contribution in [0.25, 0.3) is 0 Å². The Morgan fingerprint density at radius 1 is 1.19 bits per heavy atom. The van der Waals surface area contributed by atoms with Crippen molar-refractivity contribution in [1.29, 1.82) is 0 Å². The molecule has 1 N–H and O–H groups in total. The molecule has 1 aliphatic heterocycles. The summed E-state index contributed by atoms with van der Waals surface area (Å²) >= 11 is 0. The smallest absolute Gasteiger partial charge is 0.384 e. The largest absolute Gasteiger partial charge is 0.416 e. The molecule has 84 valence electrons. The molecular weight excluding hydrogens is 215 g/mol. The first-order valence-corrected chi connectivity index (χ1v) is 5.19. The van der Waals surface area contributed by atoms with Crippen LogP contribution in [0.2, 0.25) is 0 Å². The lowest BCUT2D eigenvalue weighted by atomic mass is 9.99. The molecule has 1 heterocycles. The maximum Gasteiger partial charge on any atom is 0.416 e. The van der Waals surface area contributed by atoms with Gasteiger partial charge in [0.05, 0.1) is 11.6 Å². The highest BCUT2D eigenvalue weighted by molar-refractivity contribution is 5.45. The van der Waals surface area contributed by atoms with Crippen LogP contribution in [-0.2, 0) is 6.18 Å². The number of fused-ring (bicyclic) bond motifs is 5. The molecule has 1 aromatic rings. The van der Waals surface area contributed by atoms with Crippen molar-refractivity contribution in [2.45, 2.75) is 24.6 Å². The molecule has 1 aromatic carbocycles. The molecule has 2 aliphatic rings. The van der Waals surface area contributed by atoms with Crippen molar-refractivity contribution >= 4 is 0 Å². The second-order valence-electron chi connectivity index (χ2n) is 4.26. The zero-order valence-corrected chi connectivity index (χ0v) is 8.38. The molecule has 2 atom stereocenters. The van der Waals surface area contributed by atoms with E-state index in [1.165, 1.54) is 12.1 Å². The van der Waals surface area contributed by atoms with E-state index in [-0.39, 0.29) is 12.0 Å². The molecule has 1 unspecified atom stereocenters. The van der Waals surface area contributed by atoms with Crippen LogP contribution in [0.3, 0.4) is 0 Å². The number of nitrogens with one attached hydrogen (secondary N) is 1. The average Bonchev–Trinajstić information content (AvgIpc) is 2.50. The predicted molar refractivity (Wildman–Crippen MR) is 53.8 cm³/mol. The number of halogens is 3. The first kappa shape index (κ1) is 9.75. The van der Waals surface area contributed by atoms with Crippen LogP contribution in [0.4, 0.5) is 13.2 Å². The molecule has 0 spiro atoms. The van der Waals surface area contributed by atoms with E-state index < -0.39 is 11.7 Å². The lowest BCUT2D eigenvalue weighted by Crippen LogP contribution is -2.14. The molecule has 0 saturated heterocycles. The van der Waals surface area contributed by atoms with E-state index in [0.29, 0.717) is 0 Å². The molecule has 16 heavy (non-hydrogen) atoms. The van der Waals surface area contributed by atoms with Crippen LogP contribution < -0.4 is 5.32 Å². The van der Waals surface area contributed by atoms with Gasteiger partial charge in [0, 0.05) is 5.92 Å². The van der Waals surface area contributed by atoms with Gasteiger partial charge in [0.2, 0.25) is 0 Å². The Morgan fingerprint density at radius 3 is 2.75 bits per heavy atom. The van der Waals surface area contributed by atoms with E-state index in [2.05, 4.69) is 5.32 Å². The quantitative estimate of drug-likeness (QED) is 0.714. The van der Waals surface area contributed by atoms with Gasteiger partial charge in [-0.2, -0.15) is 13.2 Å². The summed E-state index contributed by atoms with van der Waals surface area (Å²) in [5.41, 5.74) is 1.27. The monoisotopic (exact) mass is 225 g/mol. The molecule has 2 bridgehead atoms. The van der Waals surface area contributed by atoms with Crippen molar-refractivity contribution in [3.05, 3.63) is 47.2 Å². The van der Waals surface area contributed by atoms with Crippen LogP contribution in [0.15, 0.2) is 30.5 Å². The Bertz CT molecular complexity index is 462. The van der Waals surface area contributed by atoms with Crippen molar-refractivity contribution < 1.29 is 13.2 Å². The summed E-state index contributed by atoms with van der Waals surface area (Å²) in [6.45, 7) is 0. The molecule has 0 aromatic heterocycles. The van der Waals surface area contributed by atoms with Crippen LogP contribution in [-0.4, -0.2) is 0 Å². The van der Waals surface area contributed by atoms with Crippen molar-refractivity contribution in [1.82, 2.24) is 5.32 Å². The second-order valence-corrected chi connectivity index (χ2v) is 4.26. The highest BCUT2D eigenvalue weighted by atomic mass is 19.4. The topological polar surface area (TPSA) is 12.0 Å². The fourth-order valence-electron chi connectivity index (χ4n) is 2.53. The van der Waals surface area contributed by atoms with E-state index in [4.69, 9.17) is 0 Å². The van der Waals surface area contributed by atoms with Crippen molar-refractivity contribution in [3.63, 3.8) is 0 Å². The molecule has 1 nitrogen and oxygen atoms in total. The molecule has 0 radical (unpaired) electrons. The average molecular weight is 225 g/mol. The highest BCUT2D eigenvalue weighted by Crippen LogP contribution is 2.45. The van der Waals surface area contributed by atoms with Crippen molar-refractivity contribution in [3.8, 4) is 0 Å².